The van der Waals surface area contributed by atoms with Crippen LogP contribution in [0, 0.1) is 0 Å². The summed E-state index contributed by atoms with van der Waals surface area (Å²) in [6.07, 6.45) is -2.46. The molecule has 0 amide bonds. The zero-order valence-corrected chi connectivity index (χ0v) is 11.7. The molecule has 0 radical (unpaired) electrons. The summed E-state index contributed by atoms with van der Waals surface area (Å²) in [5.74, 6) is 1.53. The summed E-state index contributed by atoms with van der Waals surface area (Å²) in [7, 11) is 1.79. The summed E-state index contributed by atoms with van der Waals surface area (Å²) in [4.78, 5) is 8.86. The number of rotatable bonds is 4. The lowest BCUT2D eigenvalue weighted by atomic mass is 10.1. The van der Waals surface area contributed by atoms with Gasteiger partial charge in [-0.2, -0.15) is 0 Å². The van der Waals surface area contributed by atoms with Gasteiger partial charge in [-0.15, -0.1) is 0 Å². The average molecular weight is 277 g/mol. The van der Waals surface area contributed by atoms with Crippen LogP contribution in [0.1, 0.15) is 37.4 Å². The van der Waals surface area contributed by atoms with Crippen molar-refractivity contribution in [1.82, 2.24) is 9.97 Å². The molecule has 1 N–H and O–H groups in total. The molecular formula is C15H17F2N3. The number of benzene rings is 1. The van der Waals surface area contributed by atoms with Gasteiger partial charge in [0, 0.05) is 29.9 Å². The average Bonchev–Trinajstić information content (AvgIpc) is 2.46. The van der Waals surface area contributed by atoms with Crippen LogP contribution in [0.5, 0.6) is 0 Å². The highest BCUT2D eigenvalue weighted by atomic mass is 19.3. The van der Waals surface area contributed by atoms with Gasteiger partial charge < -0.3 is 5.32 Å². The number of halogens is 2. The van der Waals surface area contributed by atoms with Gasteiger partial charge in [0.15, 0.2) is 5.82 Å². The monoisotopic (exact) mass is 277 g/mol. The normalized spacial score (nSPS) is 11.2. The van der Waals surface area contributed by atoms with E-state index in [1.54, 1.807) is 19.2 Å². The number of hydrogen-bond donors (Lipinski definition) is 1. The van der Waals surface area contributed by atoms with Crippen LogP contribution in [0.25, 0.3) is 11.4 Å². The molecule has 0 aliphatic rings. The van der Waals surface area contributed by atoms with E-state index in [1.165, 1.54) is 12.1 Å². The van der Waals surface area contributed by atoms with Crippen LogP contribution < -0.4 is 5.32 Å². The number of anilines is 1. The second kappa shape index (κ2) is 5.94. The minimum absolute atomic E-state index is 0.00241. The van der Waals surface area contributed by atoms with Crippen LogP contribution in [0.2, 0.25) is 0 Å². The van der Waals surface area contributed by atoms with Crippen LogP contribution >= 0.6 is 0 Å². The van der Waals surface area contributed by atoms with E-state index >= 15 is 0 Å². The molecule has 2 aromatic rings. The highest BCUT2D eigenvalue weighted by molar-refractivity contribution is 5.58. The number of aromatic nitrogens is 2. The Kier molecular flexibility index (Phi) is 4.27. The van der Waals surface area contributed by atoms with E-state index in [0.29, 0.717) is 5.82 Å². The number of hydrogen-bond acceptors (Lipinski definition) is 3. The smallest absolute Gasteiger partial charge is 0.263 e. The fourth-order valence-electron chi connectivity index (χ4n) is 1.80. The summed E-state index contributed by atoms with van der Waals surface area (Å²) in [5.41, 5.74) is 1.65. The third kappa shape index (κ3) is 3.10. The first-order valence-electron chi connectivity index (χ1n) is 6.46. The number of nitrogens with zero attached hydrogens (tertiary/aromatic N) is 2. The summed E-state index contributed by atoms with van der Waals surface area (Å²) >= 11 is 0. The molecule has 5 heteroatoms. The molecule has 2 rings (SSSR count). The van der Waals surface area contributed by atoms with E-state index in [2.05, 4.69) is 15.3 Å². The van der Waals surface area contributed by atoms with Gasteiger partial charge in [0.2, 0.25) is 0 Å². The van der Waals surface area contributed by atoms with Gasteiger partial charge in [-0.05, 0) is 5.92 Å². The van der Waals surface area contributed by atoms with Crippen molar-refractivity contribution in [3.8, 4) is 11.4 Å². The Labute approximate surface area is 117 Å². The zero-order chi connectivity index (χ0) is 14.7. The third-order valence-corrected chi connectivity index (χ3v) is 3.01. The molecule has 0 atom stereocenters. The molecule has 106 valence electrons. The Morgan fingerprint density at radius 1 is 1.05 bits per heavy atom. The van der Waals surface area contributed by atoms with E-state index < -0.39 is 6.43 Å². The maximum atomic E-state index is 12.5. The lowest BCUT2D eigenvalue weighted by Crippen LogP contribution is -2.02. The molecule has 1 aromatic heterocycles. The summed E-state index contributed by atoms with van der Waals surface area (Å²) in [5, 5.41) is 2.99. The van der Waals surface area contributed by atoms with E-state index in [-0.39, 0.29) is 11.5 Å². The first-order valence-corrected chi connectivity index (χ1v) is 6.46. The first-order chi connectivity index (χ1) is 9.51. The van der Waals surface area contributed by atoms with Gasteiger partial charge in [0.05, 0.1) is 0 Å². The molecule has 3 nitrogen and oxygen atoms in total. The topological polar surface area (TPSA) is 37.8 Å². The molecule has 0 spiro atoms. The second-order valence-electron chi connectivity index (χ2n) is 4.83. The van der Waals surface area contributed by atoms with Gasteiger partial charge >= 0.3 is 0 Å². The van der Waals surface area contributed by atoms with E-state index in [9.17, 15) is 8.78 Å². The highest BCUT2D eigenvalue weighted by Gasteiger charge is 2.11. The van der Waals surface area contributed by atoms with Gasteiger partial charge in [-0.25, -0.2) is 18.7 Å². The minimum atomic E-state index is -2.46. The lowest BCUT2D eigenvalue weighted by Gasteiger charge is -2.10. The molecular weight excluding hydrogens is 260 g/mol. The van der Waals surface area contributed by atoms with Crippen molar-refractivity contribution >= 4 is 5.82 Å². The zero-order valence-electron chi connectivity index (χ0n) is 11.7. The van der Waals surface area contributed by atoms with E-state index in [4.69, 9.17) is 0 Å². The van der Waals surface area contributed by atoms with Crippen molar-refractivity contribution in [2.24, 2.45) is 0 Å². The molecule has 1 aromatic carbocycles. The van der Waals surface area contributed by atoms with Crippen LogP contribution in [-0.4, -0.2) is 17.0 Å². The van der Waals surface area contributed by atoms with Crippen LogP contribution in [0.3, 0.4) is 0 Å². The summed E-state index contributed by atoms with van der Waals surface area (Å²) < 4.78 is 25.1. The standard InChI is InChI=1S/C15H17F2N3/c1-9(2)12-8-13(18-3)20-15(19-12)11-6-4-10(5-7-11)14(16)17/h4-9,14H,1-3H3,(H,18,19,20). The van der Waals surface area contributed by atoms with Crippen molar-refractivity contribution in [2.75, 3.05) is 12.4 Å². The van der Waals surface area contributed by atoms with Crippen molar-refractivity contribution in [2.45, 2.75) is 26.2 Å². The molecule has 0 unspecified atom stereocenters. The van der Waals surface area contributed by atoms with Gasteiger partial charge in [-0.1, -0.05) is 38.1 Å². The largest absolute Gasteiger partial charge is 0.373 e. The van der Waals surface area contributed by atoms with Gasteiger partial charge in [0.1, 0.15) is 5.82 Å². The molecule has 1 heterocycles. The predicted molar refractivity (Wildman–Crippen MR) is 76.1 cm³/mol. The quantitative estimate of drug-likeness (QED) is 0.908. The molecule has 0 fully saturated rings. The molecule has 0 saturated heterocycles. The Bertz CT molecular complexity index is 580. The molecule has 0 aliphatic carbocycles. The Morgan fingerprint density at radius 2 is 1.70 bits per heavy atom. The van der Waals surface area contributed by atoms with Crippen molar-refractivity contribution in [1.29, 1.82) is 0 Å². The first kappa shape index (κ1) is 14.4. The Morgan fingerprint density at radius 3 is 2.20 bits per heavy atom. The summed E-state index contributed by atoms with van der Waals surface area (Å²) in [6, 6.07) is 7.96. The third-order valence-electron chi connectivity index (χ3n) is 3.01. The SMILES string of the molecule is CNc1cc(C(C)C)nc(-c2ccc(C(F)F)cc2)n1. The van der Waals surface area contributed by atoms with Gasteiger partial charge in [-0.3, -0.25) is 0 Å². The molecule has 0 saturated carbocycles. The number of nitrogens with one attached hydrogen (secondary N) is 1. The lowest BCUT2D eigenvalue weighted by molar-refractivity contribution is 0.151. The Balaban J connectivity index is 2.43. The Hall–Kier alpha value is -2.04. The van der Waals surface area contributed by atoms with Crippen LogP contribution in [0.4, 0.5) is 14.6 Å². The minimum Gasteiger partial charge on any atom is -0.373 e. The van der Waals surface area contributed by atoms with Crippen LogP contribution in [-0.2, 0) is 0 Å². The second-order valence-corrected chi connectivity index (χ2v) is 4.83. The fraction of sp³-hybridized carbons (Fsp3) is 0.333. The van der Waals surface area contributed by atoms with Crippen molar-refractivity contribution in [3.05, 3.63) is 41.6 Å². The number of alkyl halides is 2. The fourth-order valence-corrected chi connectivity index (χ4v) is 1.80. The maximum absolute atomic E-state index is 12.5. The molecule has 20 heavy (non-hydrogen) atoms. The molecule has 0 aliphatic heterocycles. The predicted octanol–water partition coefficient (Wildman–Crippen LogP) is 4.25. The van der Waals surface area contributed by atoms with Crippen molar-refractivity contribution < 1.29 is 8.78 Å². The molecule has 0 bridgehead atoms. The van der Waals surface area contributed by atoms with Crippen LogP contribution in [0.15, 0.2) is 30.3 Å². The van der Waals surface area contributed by atoms with Gasteiger partial charge in [0.25, 0.3) is 6.43 Å². The maximum Gasteiger partial charge on any atom is 0.263 e. The van der Waals surface area contributed by atoms with Crippen molar-refractivity contribution in [3.63, 3.8) is 0 Å². The summed E-state index contributed by atoms with van der Waals surface area (Å²) in [6.45, 7) is 4.09. The van der Waals surface area contributed by atoms with E-state index in [0.717, 1.165) is 17.1 Å². The van der Waals surface area contributed by atoms with E-state index in [1.807, 2.05) is 19.9 Å². The highest BCUT2D eigenvalue weighted by Crippen LogP contribution is 2.24.